The van der Waals surface area contributed by atoms with Gasteiger partial charge in [0.1, 0.15) is 5.65 Å². The number of aryl methyl sites for hydroxylation is 2. The minimum absolute atomic E-state index is 0.0318. The maximum atomic E-state index is 13.2. The highest BCUT2D eigenvalue weighted by Crippen LogP contribution is 2.21. The van der Waals surface area contributed by atoms with Crippen LogP contribution in [0.1, 0.15) is 38.7 Å². The molecule has 0 radical (unpaired) electrons. The summed E-state index contributed by atoms with van der Waals surface area (Å²) in [5.41, 5.74) is 3.81. The van der Waals surface area contributed by atoms with Crippen molar-refractivity contribution in [3.8, 4) is 11.1 Å². The summed E-state index contributed by atoms with van der Waals surface area (Å²) in [7, 11) is 0. The Labute approximate surface area is 155 Å². The summed E-state index contributed by atoms with van der Waals surface area (Å²) >= 11 is 0. The normalized spacial score (nSPS) is 11.5. The van der Waals surface area contributed by atoms with Crippen molar-refractivity contribution in [1.29, 1.82) is 0 Å². The van der Waals surface area contributed by atoms with Crippen molar-refractivity contribution in [1.82, 2.24) is 9.55 Å². The number of fused-ring (bicyclic) bond motifs is 1. The van der Waals surface area contributed by atoms with E-state index in [9.17, 15) is 4.79 Å². The van der Waals surface area contributed by atoms with Crippen LogP contribution in [0.4, 0.5) is 0 Å². The predicted molar refractivity (Wildman–Crippen MR) is 109 cm³/mol. The smallest absolute Gasteiger partial charge is 0.260 e. The van der Waals surface area contributed by atoms with Crippen LogP contribution in [0.25, 0.3) is 22.2 Å². The summed E-state index contributed by atoms with van der Waals surface area (Å²) in [6.45, 7) is 4.93. The molecule has 0 aliphatic rings. The van der Waals surface area contributed by atoms with Gasteiger partial charge in [0.15, 0.2) is 0 Å². The van der Waals surface area contributed by atoms with Gasteiger partial charge in [-0.15, -0.1) is 0 Å². The van der Waals surface area contributed by atoms with Gasteiger partial charge in [0.25, 0.3) is 5.56 Å². The maximum Gasteiger partial charge on any atom is 0.260 e. The van der Waals surface area contributed by atoms with Crippen LogP contribution in [0.2, 0.25) is 0 Å². The molecule has 0 bridgehead atoms. The molecule has 0 amide bonds. The van der Waals surface area contributed by atoms with Gasteiger partial charge >= 0.3 is 0 Å². The van der Waals surface area contributed by atoms with Gasteiger partial charge in [-0.25, -0.2) is 4.98 Å². The summed E-state index contributed by atoms with van der Waals surface area (Å²) in [6, 6.07) is 14.3. The Morgan fingerprint density at radius 1 is 1.08 bits per heavy atom. The van der Waals surface area contributed by atoms with E-state index in [-0.39, 0.29) is 5.56 Å². The summed E-state index contributed by atoms with van der Waals surface area (Å²) in [5.74, 6) is 0. The first-order chi connectivity index (χ1) is 12.7. The molecule has 3 aromatic rings. The van der Waals surface area contributed by atoms with Crippen molar-refractivity contribution in [2.45, 2.75) is 46.1 Å². The second-order valence-corrected chi connectivity index (χ2v) is 6.55. The molecule has 0 N–H and O–H groups in total. The Morgan fingerprint density at radius 2 is 1.88 bits per heavy atom. The van der Waals surface area contributed by atoms with Crippen LogP contribution in [0.15, 0.2) is 65.6 Å². The summed E-state index contributed by atoms with van der Waals surface area (Å²) in [5, 5.41) is 0.999. The number of rotatable bonds is 7. The number of pyridine rings is 2. The van der Waals surface area contributed by atoms with Gasteiger partial charge in [-0.2, -0.15) is 0 Å². The van der Waals surface area contributed by atoms with E-state index >= 15 is 0 Å². The Bertz CT molecular complexity index is 952. The maximum absolute atomic E-state index is 13.2. The fourth-order valence-corrected chi connectivity index (χ4v) is 3.25. The molecule has 1 aromatic carbocycles. The van der Waals surface area contributed by atoms with Gasteiger partial charge in [-0.05, 0) is 48.6 Å². The lowest BCUT2D eigenvalue weighted by molar-refractivity contribution is 0.701. The predicted octanol–water partition coefficient (Wildman–Crippen LogP) is 5.37. The molecule has 134 valence electrons. The van der Waals surface area contributed by atoms with Crippen LogP contribution in [0.3, 0.4) is 0 Å². The molecule has 0 aliphatic carbocycles. The lowest BCUT2D eigenvalue weighted by Gasteiger charge is -2.12. The fraction of sp³-hybridized carbons (Fsp3) is 0.304. The Kier molecular flexibility index (Phi) is 6.00. The monoisotopic (exact) mass is 346 g/mol. The standard InChI is InChI=1S/C23H26N2O/c1-3-5-6-7-16-25-22-20(10-8-15-24-22)17-21(23(25)26)19-13-11-18(9-4-2)12-14-19/h5-6,8,10-15,17H,3-4,7,9,16H2,1-2H3. The molecule has 3 rings (SSSR count). The summed E-state index contributed by atoms with van der Waals surface area (Å²) in [6.07, 6.45) is 10.1. The van der Waals surface area contributed by atoms with Gasteiger partial charge in [0.05, 0.1) is 0 Å². The minimum Gasteiger partial charge on any atom is -0.292 e. The third-order valence-electron chi connectivity index (χ3n) is 4.57. The molecule has 2 heterocycles. The van der Waals surface area contributed by atoms with Crippen molar-refractivity contribution in [3.05, 3.63) is 76.7 Å². The molecule has 3 nitrogen and oxygen atoms in total. The zero-order valence-electron chi connectivity index (χ0n) is 15.6. The lowest BCUT2D eigenvalue weighted by Crippen LogP contribution is -2.22. The number of allylic oxidation sites excluding steroid dienone is 2. The van der Waals surface area contributed by atoms with E-state index in [0.29, 0.717) is 6.54 Å². The van der Waals surface area contributed by atoms with Crippen LogP contribution in [0, 0.1) is 0 Å². The highest BCUT2D eigenvalue weighted by atomic mass is 16.1. The zero-order chi connectivity index (χ0) is 18.4. The first-order valence-corrected chi connectivity index (χ1v) is 9.47. The topological polar surface area (TPSA) is 34.9 Å². The van der Waals surface area contributed by atoms with Crippen LogP contribution in [-0.4, -0.2) is 9.55 Å². The zero-order valence-corrected chi connectivity index (χ0v) is 15.6. The van der Waals surface area contributed by atoms with E-state index in [2.05, 4.69) is 55.2 Å². The largest absolute Gasteiger partial charge is 0.292 e. The van der Waals surface area contributed by atoms with Crippen LogP contribution in [-0.2, 0) is 13.0 Å². The van der Waals surface area contributed by atoms with Crippen molar-refractivity contribution in [3.63, 3.8) is 0 Å². The molecule has 0 fully saturated rings. The van der Waals surface area contributed by atoms with Crippen LogP contribution in [0.5, 0.6) is 0 Å². The van der Waals surface area contributed by atoms with Crippen molar-refractivity contribution >= 4 is 11.0 Å². The second kappa shape index (κ2) is 8.61. The third-order valence-corrected chi connectivity index (χ3v) is 4.57. The molecule has 0 aliphatic heterocycles. The molecule has 0 unspecified atom stereocenters. The van der Waals surface area contributed by atoms with Gasteiger partial charge in [0.2, 0.25) is 0 Å². The van der Waals surface area contributed by atoms with Crippen molar-refractivity contribution in [2.75, 3.05) is 0 Å². The van der Waals surface area contributed by atoms with E-state index < -0.39 is 0 Å². The average Bonchev–Trinajstić information content (AvgIpc) is 2.67. The number of aromatic nitrogens is 2. The minimum atomic E-state index is 0.0318. The van der Waals surface area contributed by atoms with Gasteiger partial charge in [0, 0.05) is 23.7 Å². The molecular weight excluding hydrogens is 320 g/mol. The SMILES string of the molecule is CCC=CCCn1c(=O)c(-c2ccc(CCC)cc2)cc2cccnc21. The average molecular weight is 346 g/mol. The fourth-order valence-electron chi connectivity index (χ4n) is 3.25. The lowest BCUT2D eigenvalue weighted by atomic mass is 10.0. The van der Waals surface area contributed by atoms with E-state index in [4.69, 9.17) is 0 Å². The van der Waals surface area contributed by atoms with Crippen molar-refractivity contribution in [2.24, 2.45) is 0 Å². The molecule has 3 heteroatoms. The molecule has 0 spiro atoms. The molecule has 0 saturated heterocycles. The summed E-state index contributed by atoms with van der Waals surface area (Å²) < 4.78 is 1.81. The number of hydrogen-bond donors (Lipinski definition) is 0. The molecular formula is C23H26N2O. The highest BCUT2D eigenvalue weighted by Gasteiger charge is 2.11. The molecule has 26 heavy (non-hydrogen) atoms. The molecule has 0 saturated carbocycles. The van der Waals surface area contributed by atoms with Crippen LogP contribution >= 0.6 is 0 Å². The number of benzene rings is 1. The number of hydrogen-bond acceptors (Lipinski definition) is 2. The Hall–Kier alpha value is -2.68. The van der Waals surface area contributed by atoms with E-state index in [0.717, 1.165) is 47.8 Å². The second-order valence-electron chi connectivity index (χ2n) is 6.55. The van der Waals surface area contributed by atoms with E-state index in [1.807, 2.05) is 22.8 Å². The van der Waals surface area contributed by atoms with Crippen molar-refractivity contribution < 1.29 is 0 Å². The van der Waals surface area contributed by atoms with E-state index in [1.54, 1.807) is 6.20 Å². The van der Waals surface area contributed by atoms with E-state index in [1.165, 1.54) is 5.56 Å². The summed E-state index contributed by atoms with van der Waals surface area (Å²) in [4.78, 5) is 17.6. The Balaban J connectivity index is 2.06. The number of nitrogens with zero attached hydrogens (tertiary/aromatic N) is 2. The Morgan fingerprint density at radius 3 is 2.62 bits per heavy atom. The first kappa shape index (κ1) is 18.1. The quantitative estimate of drug-likeness (QED) is 0.539. The highest BCUT2D eigenvalue weighted by molar-refractivity contribution is 5.81. The van der Waals surface area contributed by atoms with Crippen LogP contribution < -0.4 is 5.56 Å². The van der Waals surface area contributed by atoms with Gasteiger partial charge in [-0.1, -0.05) is 56.7 Å². The van der Waals surface area contributed by atoms with Gasteiger partial charge in [-0.3, -0.25) is 9.36 Å². The third kappa shape index (κ3) is 3.93. The molecule has 2 aromatic heterocycles. The molecule has 0 atom stereocenters. The van der Waals surface area contributed by atoms with Gasteiger partial charge < -0.3 is 0 Å². The first-order valence-electron chi connectivity index (χ1n) is 9.47.